The summed E-state index contributed by atoms with van der Waals surface area (Å²) in [5.41, 5.74) is 1.31. The Morgan fingerprint density at radius 1 is 1.50 bits per heavy atom. The number of allylic oxidation sites excluding steroid dienone is 1. The fourth-order valence-corrected chi connectivity index (χ4v) is 1.57. The van der Waals surface area contributed by atoms with Crippen molar-refractivity contribution >= 4 is 0 Å². The second-order valence-corrected chi connectivity index (χ2v) is 4.48. The van der Waals surface area contributed by atoms with Gasteiger partial charge in [-0.25, -0.2) is 0 Å². The zero-order chi connectivity index (χ0) is 9.35. The normalized spacial score (nSPS) is 21.1. The summed E-state index contributed by atoms with van der Waals surface area (Å²) < 4.78 is 0. The largest absolute Gasteiger partial charge is 0.363 e. The van der Waals surface area contributed by atoms with E-state index in [0.29, 0.717) is 5.92 Å². The first-order chi connectivity index (χ1) is 5.43. The highest BCUT2D eigenvalue weighted by Gasteiger charge is 2.28. The first-order valence-electron chi connectivity index (χ1n) is 4.59. The second kappa shape index (κ2) is 2.96. The highest BCUT2D eigenvalue weighted by Crippen LogP contribution is 2.28. The van der Waals surface area contributed by atoms with E-state index in [9.17, 15) is 0 Å². The van der Waals surface area contributed by atoms with E-state index in [1.165, 1.54) is 0 Å². The van der Waals surface area contributed by atoms with Gasteiger partial charge in [-0.2, -0.15) is 0 Å². The van der Waals surface area contributed by atoms with Crippen LogP contribution in [0.4, 0.5) is 0 Å². The minimum Gasteiger partial charge on any atom is -0.363 e. The molecule has 0 unspecified atom stereocenters. The van der Waals surface area contributed by atoms with E-state index in [-0.39, 0.29) is 5.54 Å². The Labute approximate surface area is 75.8 Å². The van der Waals surface area contributed by atoms with E-state index in [4.69, 9.17) is 0 Å². The third-order valence-electron chi connectivity index (χ3n) is 2.27. The van der Waals surface area contributed by atoms with Gasteiger partial charge < -0.3 is 4.90 Å². The molecule has 0 amide bonds. The van der Waals surface area contributed by atoms with Crippen molar-refractivity contribution in [1.29, 1.82) is 0 Å². The van der Waals surface area contributed by atoms with E-state index >= 15 is 0 Å². The lowest BCUT2D eigenvalue weighted by Crippen LogP contribution is -2.39. The average Bonchev–Trinajstić information content (AvgIpc) is 2.15. The van der Waals surface area contributed by atoms with Crippen molar-refractivity contribution < 1.29 is 0 Å². The molecule has 1 aliphatic heterocycles. The van der Waals surface area contributed by atoms with Gasteiger partial charge in [0.15, 0.2) is 0 Å². The molecule has 1 rings (SSSR count). The van der Waals surface area contributed by atoms with Crippen LogP contribution in [0.3, 0.4) is 0 Å². The Kier molecular flexibility index (Phi) is 2.31. The van der Waals surface area contributed by atoms with Crippen molar-refractivity contribution in [3.63, 3.8) is 0 Å². The predicted octanol–water partition coefficient (Wildman–Crippen LogP) is 2.81. The quantitative estimate of drug-likeness (QED) is 0.608. The van der Waals surface area contributed by atoms with Gasteiger partial charge in [0.1, 0.15) is 0 Å². The molecule has 0 aromatic rings. The first-order valence-corrected chi connectivity index (χ1v) is 4.59. The van der Waals surface area contributed by atoms with E-state index in [1.54, 1.807) is 0 Å². The average molecular weight is 165 g/mol. The molecule has 1 heteroatoms. The molecule has 1 heterocycles. The molecule has 0 saturated heterocycles. The molecule has 68 valence electrons. The Balaban J connectivity index is 2.70. The van der Waals surface area contributed by atoms with E-state index < -0.39 is 0 Å². The lowest BCUT2D eigenvalue weighted by atomic mass is 10.0. The van der Waals surface area contributed by atoms with Crippen LogP contribution in [0.2, 0.25) is 0 Å². The summed E-state index contributed by atoms with van der Waals surface area (Å²) in [5.74, 6) is 0.695. The van der Waals surface area contributed by atoms with Gasteiger partial charge in [0, 0.05) is 12.2 Å². The zero-order valence-corrected chi connectivity index (χ0v) is 8.59. The first kappa shape index (κ1) is 9.37. The van der Waals surface area contributed by atoms with Gasteiger partial charge >= 0.3 is 0 Å². The third kappa shape index (κ3) is 1.71. The molecular weight excluding hydrogens is 146 g/mol. The maximum Gasteiger partial charge on any atom is 0.0532 e. The second-order valence-electron chi connectivity index (χ2n) is 4.48. The van der Waals surface area contributed by atoms with Gasteiger partial charge in [0.2, 0.25) is 0 Å². The van der Waals surface area contributed by atoms with Crippen LogP contribution in [0.15, 0.2) is 24.4 Å². The van der Waals surface area contributed by atoms with Gasteiger partial charge in [0.05, 0.1) is 5.54 Å². The maximum absolute atomic E-state index is 4.02. The zero-order valence-electron chi connectivity index (χ0n) is 8.59. The number of hydrogen-bond donors (Lipinski definition) is 0. The molecule has 0 N–H and O–H groups in total. The summed E-state index contributed by atoms with van der Waals surface area (Å²) in [6, 6.07) is 0. The van der Waals surface area contributed by atoms with Gasteiger partial charge in [-0.1, -0.05) is 26.5 Å². The maximum atomic E-state index is 4.02. The summed E-state index contributed by atoms with van der Waals surface area (Å²) in [5, 5.41) is 0. The Morgan fingerprint density at radius 2 is 2.08 bits per heavy atom. The fraction of sp³-hybridized carbons (Fsp3) is 0.636. The molecule has 0 radical (unpaired) electrons. The molecule has 12 heavy (non-hydrogen) atoms. The molecule has 0 bridgehead atoms. The molecule has 1 aliphatic rings. The highest BCUT2D eigenvalue weighted by atomic mass is 15.2. The monoisotopic (exact) mass is 165 g/mol. The molecule has 0 aromatic carbocycles. The lowest BCUT2D eigenvalue weighted by molar-refractivity contribution is 0.213. The lowest BCUT2D eigenvalue weighted by Gasteiger charge is -2.35. The fourth-order valence-electron chi connectivity index (χ4n) is 1.57. The van der Waals surface area contributed by atoms with E-state index in [2.05, 4.69) is 51.3 Å². The van der Waals surface area contributed by atoms with Crippen LogP contribution in [0.25, 0.3) is 0 Å². The third-order valence-corrected chi connectivity index (χ3v) is 2.27. The molecule has 0 saturated carbocycles. The Hall–Kier alpha value is -0.720. The van der Waals surface area contributed by atoms with Crippen LogP contribution in [-0.2, 0) is 0 Å². The summed E-state index contributed by atoms with van der Waals surface area (Å²) in [6.45, 7) is 14.0. The van der Waals surface area contributed by atoms with E-state index in [0.717, 1.165) is 12.2 Å². The molecule has 1 nitrogen and oxygen atoms in total. The smallest absolute Gasteiger partial charge is 0.0532 e. The van der Waals surface area contributed by atoms with Crippen LogP contribution in [0.5, 0.6) is 0 Å². The van der Waals surface area contributed by atoms with Crippen molar-refractivity contribution in [2.45, 2.75) is 33.2 Å². The molecule has 0 aromatic heterocycles. The molecule has 0 aliphatic carbocycles. The summed E-state index contributed by atoms with van der Waals surface area (Å²) in [7, 11) is 0. The van der Waals surface area contributed by atoms with Crippen molar-refractivity contribution in [3.05, 3.63) is 24.4 Å². The number of nitrogens with zero attached hydrogens (tertiary/aromatic N) is 1. The number of hydrogen-bond acceptors (Lipinski definition) is 1. The molecule has 0 fully saturated rings. The van der Waals surface area contributed by atoms with Gasteiger partial charge in [0.25, 0.3) is 0 Å². The standard InChI is InChI=1S/C11H19N/c1-9(2)8-12-10(3)6-7-11(12,4)5/h6-7,9H,3,8H2,1-2,4-5H3. The highest BCUT2D eigenvalue weighted by molar-refractivity contribution is 5.28. The summed E-state index contributed by atoms with van der Waals surface area (Å²) >= 11 is 0. The van der Waals surface area contributed by atoms with Gasteiger partial charge in [-0.3, -0.25) is 0 Å². The van der Waals surface area contributed by atoms with Crippen LogP contribution >= 0.6 is 0 Å². The summed E-state index contributed by atoms with van der Waals surface area (Å²) in [6.07, 6.45) is 4.33. The van der Waals surface area contributed by atoms with Crippen LogP contribution < -0.4 is 0 Å². The topological polar surface area (TPSA) is 3.24 Å². The summed E-state index contributed by atoms with van der Waals surface area (Å²) in [4.78, 5) is 2.36. The van der Waals surface area contributed by atoms with Gasteiger partial charge in [-0.05, 0) is 25.8 Å². The van der Waals surface area contributed by atoms with Crippen LogP contribution in [0, 0.1) is 5.92 Å². The minimum atomic E-state index is 0.168. The minimum absolute atomic E-state index is 0.168. The molecule has 0 spiro atoms. The Bertz CT molecular complexity index is 211. The van der Waals surface area contributed by atoms with Crippen LogP contribution in [0.1, 0.15) is 27.7 Å². The predicted molar refractivity (Wildman–Crippen MR) is 53.9 cm³/mol. The molecule has 0 atom stereocenters. The van der Waals surface area contributed by atoms with Gasteiger partial charge in [-0.15, -0.1) is 0 Å². The van der Waals surface area contributed by atoms with Crippen molar-refractivity contribution in [2.75, 3.05) is 6.54 Å². The SMILES string of the molecule is C=C1C=CC(C)(C)N1CC(C)C. The van der Waals surface area contributed by atoms with E-state index in [1.807, 2.05) is 0 Å². The van der Waals surface area contributed by atoms with Crippen LogP contribution in [-0.4, -0.2) is 17.0 Å². The van der Waals surface area contributed by atoms with Crippen molar-refractivity contribution in [3.8, 4) is 0 Å². The Morgan fingerprint density at radius 3 is 2.42 bits per heavy atom. The van der Waals surface area contributed by atoms with Crippen molar-refractivity contribution in [2.24, 2.45) is 5.92 Å². The number of rotatable bonds is 2. The molecular formula is C11H19N. The van der Waals surface area contributed by atoms with Crippen molar-refractivity contribution in [1.82, 2.24) is 4.90 Å².